The van der Waals surface area contributed by atoms with Crippen LogP contribution < -0.4 is 31.6 Å². The first kappa shape index (κ1) is 46.8. The summed E-state index contributed by atoms with van der Waals surface area (Å²) >= 11 is 0. The molecule has 364 valence electrons. The molecule has 71 heavy (non-hydrogen) atoms. The molecule has 5 aliphatic rings. The maximum Gasteiger partial charge on any atom is 0.297 e. The molecule has 0 spiro atoms. The van der Waals surface area contributed by atoms with Crippen LogP contribution in [0.5, 0.6) is 0 Å². The second-order valence-corrected chi connectivity index (χ2v) is 32.9. The summed E-state index contributed by atoms with van der Waals surface area (Å²) in [4.78, 5) is 5.41. The predicted molar refractivity (Wildman–Crippen MR) is 309 cm³/mol. The zero-order valence-corrected chi connectivity index (χ0v) is 46.9. The Hall–Kier alpha value is -5.26. The van der Waals surface area contributed by atoms with Crippen LogP contribution in [0.2, 0.25) is 19.6 Å². The van der Waals surface area contributed by atoms with Gasteiger partial charge in [-0.25, -0.2) is 0 Å². The van der Waals surface area contributed by atoms with Gasteiger partial charge < -0.3 is 14.2 Å². The van der Waals surface area contributed by atoms with Crippen LogP contribution in [-0.2, 0) is 32.5 Å². The van der Waals surface area contributed by atoms with E-state index in [0.29, 0.717) is 0 Å². The van der Waals surface area contributed by atoms with Crippen LogP contribution in [0, 0.1) is 6.92 Å². The normalized spacial score (nSPS) is 20.4. The molecule has 3 heterocycles. The number of aryl methyl sites for hydroxylation is 1. The number of nitrogens with zero attached hydrogens (tertiary/aromatic N) is 2. The average molecular weight is 953 g/mol. The molecule has 12 rings (SSSR count). The maximum absolute atomic E-state index is 7.80. The van der Waals surface area contributed by atoms with E-state index in [0.717, 1.165) is 30.5 Å². The third kappa shape index (κ3) is 6.93. The van der Waals surface area contributed by atoms with Gasteiger partial charge in [-0.1, -0.05) is 157 Å². The SMILES string of the molecule is Cc1cc2c3c(c1)N(c1cc(-c4ccccc4)ccc1[Si](C)(C)C)c1c(oc4cc5c(cc14)C(C)(C)CCC5(C)C)B3c1cc3c(cc1N2c1ccc2c(c1)C(C)(C)CCC2(C)C)C(C)(C)CCC3(C)C. The molecule has 7 aromatic rings. The highest BCUT2D eigenvalue weighted by molar-refractivity contribution is 7.00. The fraction of sp³-hybridized carbons (Fsp3) is 0.424. The van der Waals surface area contributed by atoms with Crippen LogP contribution in [0.3, 0.4) is 0 Å². The number of hydrogen-bond acceptors (Lipinski definition) is 3. The number of furan rings is 1. The van der Waals surface area contributed by atoms with Crippen molar-refractivity contribution >= 4 is 81.7 Å². The summed E-state index contributed by atoms with van der Waals surface area (Å²) in [5.74, 6) is 0. The Morgan fingerprint density at radius 2 is 0.986 bits per heavy atom. The molecule has 0 saturated heterocycles. The minimum absolute atomic E-state index is 0.0280. The lowest BCUT2D eigenvalue weighted by molar-refractivity contribution is 0.332. The fourth-order valence-corrected chi connectivity index (χ4v) is 15.7. The molecule has 2 aliphatic heterocycles. The molecule has 6 aromatic carbocycles. The van der Waals surface area contributed by atoms with Gasteiger partial charge in [0.2, 0.25) is 0 Å². The van der Waals surface area contributed by atoms with Gasteiger partial charge in [0.1, 0.15) is 5.58 Å². The lowest BCUT2D eigenvalue weighted by atomic mass is 9.35. The van der Waals surface area contributed by atoms with E-state index in [4.69, 9.17) is 4.42 Å². The molecule has 0 amide bonds. The van der Waals surface area contributed by atoms with Crippen molar-refractivity contribution in [2.75, 3.05) is 9.80 Å². The van der Waals surface area contributed by atoms with Crippen molar-refractivity contribution in [3.8, 4) is 11.1 Å². The van der Waals surface area contributed by atoms with Gasteiger partial charge in [0.15, 0.2) is 0 Å². The van der Waals surface area contributed by atoms with Crippen molar-refractivity contribution in [2.24, 2.45) is 0 Å². The first-order valence-corrected chi connectivity index (χ1v) is 30.6. The molecule has 0 unspecified atom stereocenters. The Kier molecular flexibility index (Phi) is 9.84. The third-order valence-electron chi connectivity index (χ3n) is 19.0. The van der Waals surface area contributed by atoms with Crippen LogP contribution in [0.25, 0.3) is 22.1 Å². The summed E-state index contributed by atoms with van der Waals surface area (Å²) < 4.78 is 7.80. The van der Waals surface area contributed by atoms with E-state index < -0.39 is 8.07 Å². The van der Waals surface area contributed by atoms with E-state index in [-0.39, 0.29) is 39.2 Å². The Bertz CT molecular complexity index is 3390. The third-order valence-corrected chi connectivity index (χ3v) is 21.0. The van der Waals surface area contributed by atoms with Crippen LogP contribution in [0.4, 0.5) is 34.1 Å². The lowest BCUT2D eigenvalue weighted by Crippen LogP contribution is -2.61. The summed E-state index contributed by atoms with van der Waals surface area (Å²) in [6.07, 6.45) is 7.02. The van der Waals surface area contributed by atoms with E-state index >= 15 is 0 Å². The highest BCUT2D eigenvalue weighted by Gasteiger charge is 2.51. The molecule has 5 heteroatoms. The largest absolute Gasteiger partial charge is 0.468 e. The van der Waals surface area contributed by atoms with Gasteiger partial charge in [0.25, 0.3) is 6.71 Å². The zero-order valence-electron chi connectivity index (χ0n) is 45.9. The maximum atomic E-state index is 7.80. The van der Waals surface area contributed by atoms with Crippen LogP contribution in [0.1, 0.15) is 161 Å². The van der Waals surface area contributed by atoms with Crippen molar-refractivity contribution < 1.29 is 4.42 Å². The molecule has 0 bridgehead atoms. The Balaban J connectivity index is 1.24. The molecule has 0 radical (unpaired) electrons. The molecule has 1 aromatic heterocycles. The summed E-state index contributed by atoms with van der Waals surface area (Å²) in [5, 5.41) is 2.68. The summed E-state index contributed by atoms with van der Waals surface area (Å²) in [6.45, 7) is 39.4. The molecule has 0 N–H and O–H groups in total. The molecule has 3 aliphatic carbocycles. The smallest absolute Gasteiger partial charge is 0.297 e. The van der Waals surface area contributed by atoms with Gasteiger partial charge in [0, 0.05) is 33.8 Å². The van der Waals surface area contributed by atoms with Crippen molar-refractivity contribution in [1.29, 1.82) is 0 Å². The second-order valence-electron chi connectivity index (χ2n) is 27.9. The van der Waals surface area contributed by atoms with Gasteiger partial charge in [-0.3, -0.25) is 0 Å². The minimum atomic E-state index is -1.97. The molecule has 0 fully saturated rings. The summed E-state index contributed by atoms with van der Waals surface area (Å²) in [7, 11) is -1.97. The highest BCUT2D eigenvalue weighted by Crippen LogP contribution is 2.55. The quantitative estimate of drug-likeness (QED) is 0.164. The van der Waals surface area contributed by atoms with Crippen LogP contribution in [-0.4, -0.2) is 14.8 Å². The van der Waals surface area contributed by atoms with Gasteiger partial charge >= 0.3 is 0 Å². The van der Waals surface area contributed by atoms with E-state index in [1.807, 2.05) is 0 Å². The van der Waals surface area contributed by atoms with Crippen LogP contribution in [0.15, 0.2) is 108 Å². The molecular formula is C66H77BN2OSi. The highest BCUT2D eigenvalue weighted by atomic mass is 28.3. The monoisotopic (exact) mass is 953 g/mol. The average Bonchev–Trinajstić information content (AvgIpc) is 3.68. The van der Waals surface area contributed by atoms with E-state index in [9.17, 15) is 0 Å². The molecular weight excluding hydrogens is 876 g/mol. The van der Waals surface area contributed by atoms with Gasteiger partial charge in [0.05, 0.1) is 19.4 Å². The Morgan fingerprint density at radius 3 is 1.58 bits per heavy atom. The molecule has 0 saturated carbocycles. The van der Waals surface area contributed by atoms with Crippen molar-refractivity contribution in [3.05, 3.63) is 142 Å². The van der Waals surface area contributed by atoms with Crippen molar-refractivity contribution in [2.45, 2.75) is 181 Å². The first-order chi connectivity index (χ1) is 33.2. The molecule has 0 atom stereocenters. The fourth-order valence-electron chi connectivity index (χ4n) is 14.1. The minimum Gasteiger partial charge on any atom is -0.468 e. The second kappa shape index (κ2) is 14.9. The first-order valence-electron chi connectivity index (χ1n) is 27.1. The van der Waals surface area contributed by atoms with Gasteiger partial charge in [-0.2, -0.15) is 0 Å². The van der Waals surface area contributed by atoms with E-state index in [1.165, 1.54) is 125 Å². The van der Waals surface area contributed by atoms with Crippen LogP contribution >= 0.6 is 0 Å². The summed E-state index contributed by atoms with van der Waals surface area (Å²) in [6, 6.07) is 41.4. The Morgan fingerprint density at radius 1 is 0.465 bits per heavy atom. The number of benzene rings is 6. The van der Waals surface area contributed by atoms with Crippen molar-refractivity contribution in [3.63, 3.8) is 0 Å². The zero-order chi connectivity index (χ0) is 50.3. The van der Waals surface area contributed by atoms with E-state index in [2.05, 4.69) is 223 Å². The lowest BCUT2D eigenvalue weighted by Gasteiger charge is -2.47. The van der Waals surface area contributed by atoms with Crippen molar-refractivity contribution in [1.82, 2.24) is 0 Å². The number of anilines is 6. The molecule has 3 nitrogen and oxygen atoms in total. The number of hydrogen-bond donors (Lipinski definition) is 0. The van der Waals surface area contributed by atoms with E-state index in [1.54, 1.807) is 0 Å². The number of fused-ring (bicyclic) bond motifs is 9. The summed E-state index contributed by atoms with van der Waals surface area (Å²) in [5.41, 5.74) is 25.3. The van der Waals surface area contributed by atoms with Gasteiger partial charge in [-0.15, -0.1) is 0 Å². The topological polar surface area (TPSA) is 19.6 Å². The number of rotatable bonds is 4. The Labute approximate surface area is 427 Å². The van der Waals surface area contributed by atoms with Gasteiger partial charge in [-0.05, 0) is 193 Å². The predicted octanol–water partition coefficient (Wildman–Crippen LogP) is 16.1. The standard InChI is InChI=1S/C66H77BN2OSi/c1-40-32-54-58-55(33-40)69(53-34-42(41-20-18-17-19-21-41)22-25-57(53)71(14,15)16)59-44-36-47-50(66(12,13)31-28-63(47,6)7)39-56(44)70-60(59)67(58)51-37-48-49(65(10,11)30-29-64(48,8)9)38-52(51)68(54)43-23-24-45-46(35-43)62(4,5)27-26-61(45,2)3/h17-25,32-39H,26-31H2,1-16H3.